The summed E-state index contributed by atoms with van der Waals surface area (Å²) in [6.07, 6.45) is 0. The summed E-state index contributed by atoms with van der Waals surface area (Å²) in [7, 11) is 3.46. The molecule has 34 heavy (non-hydrogen) atoms. The van der Waals surface area contributed by atoms with Crippen molar-refractivity contribution in [2.45, 2.75) is 0 Å². The number of benzene rings is 2. The molecule has 2 N–H and O–H groups in total. The molecule has 2 aromatic rings. The number of methoxy groups -OCH3 is 1. The van der Waals surface area contributed by atoms with E-state index in [1.165, 1.54) is 7.11 Å². The fourth-order valence-electron chi connectivity index (χ4n) is 4.41. The highest BCUT2D eigenvalue weighted by Crippen LogP contribution is 2.39. The lowest BCUT2D eigenvalue weighted by Crippen LogP contribution is -2.45. The van der Waals surface area contributed by atoms with Crippen LogP contribution in [0.4, 0.5) is 11.4 Å². The Morgan fingerprint density at radius 3 is 2.59 bits per heavy atom. The highest BCUT2D eigenvalue weighted by atomic mass is 16.6. The van der Waals surface area contributed by atoms with Gasteiger partial charge in [-0.3, -0.25) is 9.69 Å². The van der Waals surface area contributed by atoms with Crippen molar-refractivity contribution in [3.8, 4) is 0 Å². The quantitative estimate of drug-likeness (QED) is 0.305. The molecule has 0 saturated carbocycles. The van der Waals surface area contributed by atoms with Gasteiger partial charge < -0.3 is 25.1 Å². The summed E-state index contributed by atoms with van der Waals surface area (Å²) in [5.41, 5.74) is 4.86. The predicted molar refractivity (Wildman–Crippen MR) is 130 cm³/mol. The Bertz CT molecular complexity index is 1200. The molecule has 0 spiro atoms. The molecule has 0 aliphatic carbocycles. The Morgan fingerprint density at radius 2 is 1.79 bits per heavy atom. The first-order chi connectivity index (χ1) is 16.5. The highest BCUT2D eigenvalue weighted by Gasteiger charge is 2.34. The molecule has 1 amide bonds. The number of anilines is 2. The number of oxime groups is 1. The van der Waals surface area contributed by atoms with Gasteiger partial charge >= 0.3 is 5.97 Å². The first-order valence-electron chi connectivity index (χ1n) is 11.3. The Kier molecular flexibility index (Phi) is 6.04. The summed E-state index contributed by atoms with van der Waals surface area (Å²) in [4.78, 5) is 35.5. The minimum Gasteiger partial charge on any atom is -0.465 e. The van der Waals surface area contributed by atoms with Crippen LogP contribution in [0.3, 0.4) is 0 Å². The molecule has 0 bridgehead atoms. The minimum absolute atomic E-state index is 0.266. The number of amides is 1. The number of allylic oxidation sites excluding steroid dienone is 1. The molecule has 9 nitrogen and oxygen atoms in total. The van der Waals surface area contributed by atoms with Crippen LogP contribution in [0, 0.1) is 0 Å². The molecule has 0 radical (unpaired) electrons. The number of hydrogen-bond donors (Lipinski definition) is 2. The predicted octanol–water partition coefficient (Wildman–Crippen LogP) is 2.23. The third-order valence-electron chi connectivity index (χ3n) is 6.36. The van der Waals surface area contributed by atoms with Gasteiger partial charge in [-0.05, 0) is 31.3 Å². The van der Waals surface area contributed by atoms with Gasteiger partial charge in [0.2, 0.25) is 0 Å². The third kappa shape index (κ3) is 4.15. The van der Waals surface area contributed by atoms with Crippen LogP contribution in [0.25, 0.3) is 5.57 Å². The van der Waals surface area contributed by atoms with Crippen molar-refractivity contribution < 1.29 is 19.2 Å². The fourth-order valence-corrected chi connectivity index (χ4v) is 4.41. The maximum Gasteiger partial charge on any atom is 0.337 e. The zero-order valence-corrected chi connectivity index (χ0v) is 19.3. The molecule has 9 heteroatoms. The second-order valence-corrected chi connectivity index (χ2v) is 8.54. The second-order valence-electron chi connectivity index (χ2n) is 8.54. The molecule has 176 valence electrons. The Labute approximate surface area is 198 Å². The van der Waals surface area contributed by atoms with Crippen LogP contribution < -0.4 is 10.6 Å². The number of para-hydroxylation sites is 1. The van der Waals surface area contributed by atoms with E-state index in [-0.39, 0.29) is 5.91 Å². The van der Waals surface area contributed by atoms with Crippen LogP contribution >= 0.6 is 0 Å². The minimum atomic E-state index is -0.463. The van der Waals surface area contributed by atoms with Crippen LogP contribution in [-0.4, -0.2) is 80.9 Å². The molecular formula is C25H27N5O4. The first-order valence-corrected chi connectivity index (χ1v) is 11.3. The number of nitrogens with one attached hydrogen (secondary N) is 2. The molecule has 3 aliphatic rings. The van der Waals surface area contributed by atoms with Crippen molar-refractivity contribution in [2.75, 3.05) is 64.1 Å². The van der Waals surface area contributed by atoms with E-state index in [0.29, 0.717) is 40.4 Å². The summed E-state index contributed by atoms with van der Waals surface area (Å²) in [6.45, 7) is 5.35. The van der Waals surface area contributed by atoms with Crippen molar-refractivity contribution in [1.82, 2.24) is 9.80 Å². The lowest BCUT2D eigenvalue weighted by molar-refractivity contribution is -0.110. The van der Waals surface area contributed by atoms with Crippen LogP contribution in [0.15, 0.2) is 53.3 Å². The number of carbonyl (C=O) groups excluding carboxylic acids is 2. The number of fused-ring (bicyclic) bond motifs is 2. The molecule has 3 aliphatic heterocycles. The van der Waals surface area contributed by atoms with Crippen LogP contribution in [0.5, 0.6) is 0 Å². The largest absolute Gasteiger partial charge is 0.465 e. The molecule has 0 atom stereocenters. The monoisotopic (exact) mass is 461 g/mol. The third-order valence-corrected chi connectivity index (χ3v) is 6.36. The van der Waals surface area contributed by atoms with Gasteiger partial charge in [-0.2, -0.15) is 0 Å². The number of piperazine rings is 1. The number of carbonyl (C=O) groups is 2. The average molecular weight is 462 g/mol. The number of rotatable bonds is 5. The molecule has 1 fully saturated rings. The van der Waals surface area contributed by atoms with E-state index in [1.807, 2.05) is 24.3 Å². The summed E-state index contributed by atoms with van der Waals surface area (Å²) in [5.74, 6) is -0.729. The summed E-state index contributed by atoms with van der Waals surface area (Å²) in [6, 6.07) is 12.7. The molecule has 2 aromatic carbocycles. The average Bonchev–Trinajstić information content (AvgIpc) is 3.38. The molecule has 1 saturated heterocycles. The van der Waals surface area contributed by atoms with E-state index in [1.54, 1.807) is 18.2 Å². The van der Waals surface area contributed by atoms with Crippen LogP contribution in [0.1, 0.15) is 21.5 Å². The normalized spacial score (nSPS) is 21.1. The Balaban J connectivity index is 1.45. The van der Waals surface area contributed by atoms with Crippen molar-refractivity contribution >= 4 is 34.5 Å². The molecule has 3 heterocycles. The standard InChI is InChI=1S/C25H27N5O4/c1-29-9-11-30(12-10-29)13-14-34-28-22-17-5-3-4-6-19(17)26-23(22)21-18-15-16(25(32)33-2)7-8-20(18)27-24(21)31/h3-8,15,26H,9-14H2,1-2H3,(H,27,31)/b23-21-,28-22+. The maximum absolute atomic E-state index is 13.0. The lowest BCUT2D eigenvalue weighted by Gasteiger charge is -2.31. The molecule has 0 aromatic heterocycles. The second kappa shape index (κ2) is 9.28. The first kappa shape index (κ1) is 22.1. The zero-order chi connectivity index (χ0) is 23.7. The lowest BCUT2D eigenvalue weighted by atomic mass is 9.99. The number of hydrogen-bond acceptors (Lipinski definition) is 8. The van der Waals surface area contributed by atoms with E-state index in [2.05, 4.69) is 32.6 Å². The summed E-state index contributed by atoms with van der Waals surface area (Å²) in [5, 5.41) is 10.7. The van der Waals surface area contributed by atoms with Crippen molar-refractivity contribution in [3.63, 3.8) is 0 Å². The molecule has 5 rings (SSSR count). The van der Waals surface area contributed by atoms with Crippen molar-refractivity contribution in [2.24, 2.45) is 5.16 Å². The van der Waals surface area contributed by atoms with E-state index in [9.17, 15) is 9.59 Å². The van der Waals surface area contributed by atoms with Gasteiger partial charge in [0.25, 0.3) is 5.91 Å². The fraction of sp³-hybridized carbons (Fsp3) is 0.320. The van der Waals surface area contributed by atoms with Crippen LogP contribution in [-0.2, 0) is 14.4 Å². The van der Waals surface area contributed by atoms with E-state index >= 15 is 0 Å². The van der Waals surface area contributed by atoms with Gasteiger partial charge in [0.05, 0.1) is 23.9 Å². The number of esters is 1. The summed E-state index contributed by atoms with van der Waals surface area (Å²) < 4.78 is 4.85. The van der Waals surface area contributed by atoms with E-state index in [0.717, 1.165) is 44.0 Å². The van der Waals surface area contributed by atoms with E-state index < -0.39 is 5.97 Å². The highest BCUT2D eigenvalue weighted by molar-refractivity contribution is 6.39. The smallest absolute Gasteiger partial charge is 0.337 e. The van der Waals surface area contributed by atoms with Crippen molar-refractivity contribution in [1.29, 1.82) is 0 Å². The van der Waals surface area contributed by atoms with E-state index in [4.69, 9.17) is 9.57 Å². The van der Waals surface area contributed by atoms with Gasteiger partial charge in [-0.15, -0.1) is 0 Å². The number of ether oxygens (including phenoxy) is 1. The number of nitrogens with zero attached hydrogens (tertiary/aromatic N) is 3. The topological polar surface area (TPSA) is 95.5 Å². The number of likely N-dealkylation sites (N-methyl/N-ethyl adjacent to an activating group) is 1. The molecular weight excluding hydrogens is 434 g/mol. The molecule has 0 unspecified atom stereocenters. The zero-order valence-electron chi connectivity index (χ0n) is 19.3. The van der Waals surface area contributed by atoms with Gasteiger partial charge in [-0.1, -0.05) is 23.4 Å². The SMILES string of the molecule is COC(=O)c1ccc2c(c1)/C(=C1/Nc3ccccc3/C1=N\OCCN1CCN(C)CC1)C(=O)N2. The Hall–Kier alpha value is -3.69. The summed E-state index contributed by atoms with van der Waals surface area (Å²) >= 11 is 0. The van der Waals surface area contributed by atoms with Gasteiger partial charge in [0.15, 0.2) is 0 Å². The van der Waals surface area contributed by atoms with Gasteiger partial charge in [-0.25, -0.2) is 4.79 Å². The Morgan fingerprint density at radius 1 is 1.03 bits per heavy atom. The van der Waals surface area contributed by atoms with Crippen molar-refractivity contribution in [3.05, 3.63) is 64.9 Å². The van der Waals surface area contributed by atoms with Crippen LogP contribution in [0.2, 0.25) is 0 Å². The van der Waals surface area contributed by atoms with Gasteiger partial charge in [0.1, 0.15) is 12.3 Å². The van der Waals surface area contributed by atoms with Gasteiger partial charge in [0, 0.05) is 55.2 Å². The maximum atomic E-state index is 13.0.